The fourth-order valence-corrected chi connectivity index (χ4v) is 5.92. The lowest BCUT2D eigenvalue weighted by molar-refractivity contribution is -0.131. The first-order valence-electron chi connectivity index (χ1n) is 13.7. The molecule has 0 bridgehead atoms. The Hall–Kier alpha value is -4.39. The lowest BCUT2D eigenvalue weighted by Crippen LogP contribution is -2.45. The number of fused-ring (bicyclic) bond motifs is 1. The molecule has 1 unspecified atom stereocenters. The lowest BCUT2D eigenvalue weighted by atomic mass is 9.76. The fraction of sp³-hybridized carbons (Fsp3) is 0.345. The third-order valence-electron chi connectivity index (χ3n) is 8.48. The molecule has 3 aromatic rings. The molecule has 14 heteroatoms. The monoisotopic (exact) mass is 612 g/mol. The summed E-state index contributed by atoms with van der Waals surface area (Å²) >= 11 is 5.82. The van der Waals surface area contributed by atoms with E-state index in [9.17, 15) is 22.8 Å². The quantitative estimate of drug-likeness (QED) is 0.329. The number of hydrazine groups is 1. The Bertz CT molecular complexity index is 1700. The predicted octanol–water partition coefficient (Wildman–Crippen LogP) is 5.37. The van der Waals surface area contributed by atoms with Gasteiger partial charge in [-0.2, -0.15) is 5.10 Å². The number of anilines is 1. The molecule has 1 aliphatic carbocycles. The maximum Gasteiger partial charge on any atom is 0.275 e. The van der Waals surface area contributed by atoms with Crippen molar-refractivity contribution in [1.29, 1.82) is 0 Å². The second-order valence-corrected chi connectivity index (χ2v) is 11.3. The van der Waals surface area contributed by atoms with Gasteiger partial charge in [0.1, 0.15) is 11.5 Å². The van der Waals surface area contributed by atoms with E-state index in [0.717, 1.165) is 66.6 Å². The van der Waals surface area contributed by atoms with E-state index in [1.807, 2.05) is 25.7 Å². The number of hydrogen-bond acceptors (Lipinski definition) is 7. The summed E-state index contributed by atoms with van der Waals surface area (Å²) in [6.45, 7) is 6.60. The standard InChI is InChI=1S/C29H28ClF3N8O2/c1-13-14(2)27(40-11-16-4-5-18(16)29(40)43)39-38-25(13)15(3)41-12-17(8-35-41)36-28(42)22-10-34-9-21(37-22)23-19(26(32)33)6-7-20(30)24(23)31/h6-10,12,15-16,18,26,38-39H,4-5,11H2,1-3H3,(H,36,42)/t15?,16-,18-/m1/s1. The van der Waals surface area contributed by atoms with Gasteiger partial charge in [0.15, 0.2) is 5.82 Å². The third kappa shape index (κ3) is 5.01. The van der Waals surface area contributed by atoms with Gasteiger partial charge in [0, 0.05) is 29.8 Å². The van der Waals surface area contributed by atoms with E-state index in [1.54, 1.807) is 10.9 Å². The van der Waals surface area contributed by atoms with E-state index in [1.165, 1.54) is 6.20 Å². The first kappa shape index (κ1) is 28.7. The van der Waals surface area contributed by atoms with Crippen LogP contribution in [-0.2, 0) is 4.79 Å². The minimum Gasteiger partial charge on any atom is -0.318 e. The SMILES string of the molecule is CC1=C(C(C)n2cc(NC(=O)c3cncc(-c4c(C(F)F)ccc(Cl)c4F)n3)cn2)NNC(N2C[C@H]3CC[C@H]3C2=O)=C1C. The van der Waals surface area contributed by atoms with Gasteiger partial charge in [0.2, 0.25) is 5.91 Å². The second kappa shape index (κ2) is 11.0. The van der Waals surface area contributed by atoms with E-state index < -0.39 is 29.3 Å². The predicted molar refractivity (Wildman–Crippen MR) is 152 cm³/mol. The number of nitrogens with zero attached hydrogens (tertiary/aromatic N) is 5. The zero-order valence-electron chi connectivity index (χ0n) is 23.5. The van der Waals surface area contributed by atoms with Gasteiger partial charge < -0.3 is 10.7 Å². The highest BCUT2D eigenvalue weighted by Gasteiger charge is 2.47. The third-order valence-corrected chi connectivity index (χ3v) is 8.78. The molecule has 2 fully saturated rings. The normalized spacial score (nSPS) is 20.6. The second-order valence-electron chi connectivity index (χ2n) is 10.9. The summed E-state index contributed by atoms with van der Waals surface area (Å²) in [7, 11) is 0. The molecule has 2 aliphatic heterocycles. The van der Waals surface area contributed by atoms with Crippen LogP contribution in [0.5, 0.6) is 0 Å². The Balaban J connectivity index is 1.19. The highest BCUT2D eigenvalue weighted by Crippen LogP contribution is 2.43. The van der Waals surface area contributed by atoms with Gasteiger partial charge in [0.05, 0.1) is 46.7 Å². The molecule has 43 heavy (non-hydrogen) atoms. The van der Waals surface area contributed by atoms with Crippen molar-refractivity contribution >= 4 is 29.1 Å². The summed E-state index contributed by atoms with van der Waals surface area (Å²) < 4.78 is 43.6. The van der Waals surface area contributed by atoms with Crippen molar-refractivity contribution in [1.82, 2.24) is 35.5 Å². The lowest BCUT2D eigenvalue weighted by Gasteiger charge is -2.32. The van der Waals surface area contributed by atoms with Crippen molar-refractivity contribution < 1.29 is 22.8 Å². The van der Waals surface area contributed by atoms with Crippen LogP contribution in [0, 0.1) is 17.7 Å². The van der Waals surface area contributed by atoms with Gasteiger partial charge in [-0.25, -0.2) is 18.2 Å². The van der Waals surface area contributed by atoms with Crippen LogP contribution in [-0.4, -0.2) is 43.0 Å². The number of benzene rings is 1. The van der Waals surface area contributed by atoms with Gasteiger partial charge in [-0.3, -0.25) is 29.6 Å². The molecule has 1 saturated heterocycles. The molecule has 1 aromatic carbocycles. The van der Waals surface area contributed by atoms with Crippen molar-refractivity contribution in [3.8, 4) is 11.3 Å². The van der Waals surface area contributed by atoms with Crippen LogP contribution < -0.4 is 16.2 Å². The smallest absolute Gasteiger partial charge is 0.275 e. The van der Waals surface area contributed by atoms with E-state index in [-0.39, 0.29) is 34.3 Å². The largest absolute Gasteiger partial charge is 0.318 e. The number of alkyl halides is 2. The minimum atomic E-state index is -3.00. The van der Waals surface area contributed by atoms with E-state index in [4.69, 9.17) is 11.6 Å². The summed E-state index contributed by atoms with van der Waals surface area (Å²) in [6, 6.07) is 1.77. The van der Waals surface area contributed by atoms with Crippen LogP contribution in [0.25, 0.3) is 11.3 Å². The molecule has 1 saturated carbocycles. The Morgan fingerprint density at radius 3 is 2.60 bits per heavy atom. The number of likely N-dealkylation sites (tertiary alicyclic amines) is 1. The van der Waals surface area contributed by atoms with Gasteiger partial charge in [-0.15, -0.1) is 0 Å². The maximum atomic E-state index is 14.7. The van der Waals surface area contributed by atoms with E-state index in [0.29, 0.717) is 11.6 Å². The number of allylic oxidation sites excluding steroid dienone is 3. The Morgan fingerprint density at radius 2 is 1.93 bits per heavy atom. The molecule has 0 radical (unpaired) electrons. The number of hydrogen-bond donors (Lipinski definition) is 3. The Morgan fingerprint density at radius 1 is 1.14 bits per heavy atom. The molecule has 224 valence electrons. The number of amides is 2. The zero-order valence-corrected chi connectivity index (χ0v) is 24.2. The van der Waals surface area contributed by atoms with Crippen LogP contribution in [0.2, 0.25) is 5.02 Å². The van der Waals surface area contributed by atoms with Gasteiger partial charge in [-0.1, -0.05) is 17.7 Å². The van der Waals surface area contributed by atoms with Gasteiger partial charge in [0.25, 0.3) is 12.3 Å². The minimum absolute atomic E-state index is 0.131. The topological polar surface area (TPSA) is 117 Å². The summed E-state index contributed by atoms with van der Waals surface area (Å²) in [5.74, 6) is -0.275. The molecule has 0 spiro atoms. The fourth-order valence-electron chi connectivity index (χ4n) is 5.77. The van der Waals surface area contributed by atoms with Crippen molar-refractivity contribution in [2.45, 2.75) is 46.1 Å². The number of halogens is 4. The summed E-state index contributed by atoms with van der Waals surface area (Å²) in [4.78, 5) is 35.6. The van der Waals surface area contributed by atoms with Crippen LogP contribution in [0.4, 0.5) is 18.9 Å². The summed E-state index contributed by atoms with van der Waals surface area (Å²) in [6.07, 6.45) is 4.35. The van der Waals surface area contributed by atoms with Crippen LogP contribution in [0.1, 0.15) is 62.1 Å². The van der Waals surface area contributed by atoms with E-state index >= 15 is 0 Å². The number of aromatic nitrogens is 4. The first-order chi connectivity index (χ1) is 20.5. The van der Waals surface area contributed by atoms with Crippen molar-refractivity contribution in [3.63, 3.8) is 0 Å². The molecule has 6 rings (SSSR count). The maximum absolute atomic E-state index is 14.7. The number of nitrogens with one attached hydrogen (secondary N) is 3. The molecule has 3 atom stereocenters. The molecule has 3 aliphatic rings. The first-order valence-corrected chi connectivity index (χ1v) is 14.1. The number of rotatable bonds is 7. The average molecular weight is 613 g/mol. The van der Waals surface area contributed by atoms with Crippen LogP contribution >= 0.6 is 11.6 Å². The molecule has 10 nitrogen and oxygen atoms in total. The molecule has 4 heterocycles. The Kier molecular flexibility index (Phi) is 7.36. The van der Waals surface area contributed by atoms with Crippen LogP contribution in [0.15, 0.2) is 59.6 Å². The number of carbonyl (C=O) groups excluding carboxylic acids is 2. The average Bonchev–Trinajstić information content (AvgIpc) is 3.52. The zero-order chi connectivity index (χ0) is 30.6. The highest BCUT2D eigenvalue weighted by molar-refractivity contribution is 6.31. The number of carbonyl (C=O) groups is 2. The van der Waals surface area contributed by atoms with Gasteiger partial charge >= 0.3 is 0 Å². The Labute approximate surface area is 250 Å². The molecular formula is C29H28ClF3N8O2. The molecule has 2 aromatic heterocycles. The summed E-state index contributed by atoms with van der Waals surface area (Å²) in [5.41, 5.74) is 7.96. The highest BCUT2D eigenvalue weighted by atomic mass is 35.5. The van der Waals surface area contributed by atoms with Crippen LogP contribution in [0.3, 0.4) is 0 Å². The molecular weight excluding hydrogens is 585 g/mol. The summed E-state index contributed by atoms with van der Waals surface area (Å²) in [5, 5.41) is 6.69. The van der Waals surface area contributed by atoms with Gasteiger partial charge in [-0.05, 0) is 56.7 Å². The van der Waals surface area contributed by atoms with Crippen molar-refractivity contribution in [2.75, 3.05) is 11.9 Å². The van der Waals surface area contributed by atoms with Crippen molar-refractivity contribution in [3.05, 3.63) is 81.7 Å². The van der Waals surface area contributed by atoms with E-state index in [2.05, 4.69) is 31.2 Å². The van der Waals surface area contributed by atoms with Crippen molar-refractivity contribution in [2.24, 2.45) is 11.8 Å². The molecule has 2 amide bonds. The molecule has 3 N–H and O–H groups in total.